The average molecular weight is 407 g/mol. The van der Waals surface area contributed by atoms with Gasteiger partial charge in [0.05, 0.1) is 0 Å². The monoisotopic (exact) mass is 406 g/mol. The fourth-order valence-corrected chi connectivity index (χ4v) is 5.31. The molecule has 8 nitrogen and oxygen atoms in total. The Morgan fingerprint density at radius 2 is 1.96 bits per heavy atom. The molecule has 0 spiro atoms. The van der Waals surface area contributed by atoms with Crippen LogP contribution in [0.2, 0.25) is 0 Å². The van der Waals surface area contributed by atoms with Crippen LogP contribution in [-0.4, -0.2) is 68.0 Å². The first-order chi connectivity index (χ1) is 11.9. The first-order valence-electron chi connectivity index (χ1n) is 8.81. The number of aromatic nitrogens is 1. The highest BCUT2D eigenvalue weighted by Gasteiger charge is 2.34. The summed E-state index contributed by atoms with van der Waals surface area (Å²) in [4.78, 5) is 14.3. The van der Waals surface area contributed by atoms with Crippen molar-refractivity contribution < 1.29 is 17.7 Å². The molecule has 1 aromatic rings. The summed E-state index contributed by atoms with van der Waals surface area (Å²) in [6, 6.07) is 0. The molecule has 1 N–H and O–H groups in total. The number of nitrogens with one attached hydrogen (secondary N) is 1. The third-order valence-corrected chi connectivity index (χ3v) is 7.23. The molecule has 2 aliphatic heterocycles. The van der Waals surface area contributed by atoms with Crippen molar-refractivity contribution in [3.05, 3.63) is 11.5 Å². The van der Waals surface area contributed by atoms with Crippen molar-refractivity contribution in [2.24, 2.45) is 5.92 Å². The summed E-state index contributed by atoms with van der Waals surface area (Å²) in [5, 5.41) is 7.04. The van der Waals surface area contributed by atoms with Crippen molar-refractivity contribution in [2.45, 2.75) is 38.0 Å². The molecule has 1 aromatic heterocycles. The maximum atomic E-state index is 12.8. The highest BCUT2D eigenvalue weighted by Crippen LogP contribution is 2.24. The van der Waals surface area contributed by atoms with Gasteiger partial charge in [0, 0.05) is 32.6 Å². The van der Waals surface area contributed by atoms with Crippen LogP contribution in [0.15, 0.2) is 9.42 Å². The standard InChI is InChI=1S/C16H26N4O4S.ClH/c1-12-16(13(2)24-18-12)25(22,23)20-9-7-19(8-10-20)15(21)4-3-14-5-6-17-11-14;/h14,17H,3-11H2,1-2H3;1H. The second-order valence-electron chi connectivity index (χ2n) is 6.84. The zero-order valence-electron chi connectivity index (χ0n) is 15.2. The van der Waals surface area contributed by atoms with Crippen molar-refractivity contribution in [3.8, 4) is 0 Å². The van der Waals surface area contributed by atoms with E-state index in [2.05, 4.69) is 10.5 Å². The number of hydrogen-bond donors (Lipinski definition) is 1. The Morgan fingerprint density at radius 3 is 2.50 bits per heavy atom. The van der Waals surface area contributed by atoms with Gasteiger partial charge in [0.25, 0.3) is 0 Å². The van der Waals surface area contributed by atoms with E-state index < -0.39 is 10.0 Å². The zero-order valence-corrected chi connectivity index (χ0v) is 16.9. The summed E-state index contributed by atoms with van der Waals surface area (Å²) in [7, 11) is -3.62. The lowest BCUT2D eigenvalue weighted by Crippen LogP contribution is -2.50. The number of amides is 1. The van der Waals surface area contributed by atoms with Gasteiger partial charge >= 0.3 is 0 Å². The van der Waals surface area contributed by atoms with Crippen molar-refractivity contribution in [3.63, 3.8) is 0 Å². The van der Waals surface area contributed by atoms with E-state index in [0.29, 0.717) is 50.0 Å². The quantitative estimate of drug-likeness (QED) is 0.781. The number of piperazine rings is 1. The Kier molecular flexibility index (Phi) is 7.06. The minimum Gasteiger partial charge on any atom is -0.360 e. The molecule has 148 valence electrons. The van der Waals surface area contributed by atoms with E-state index >= 15 is 0 Å². The molecule has 0 aliphatic carbocycles. The molecule has 1 atom stereocenters. The predicted octanol–water partition coefficient (Wildman–Crippen LogP) is 0.936. The SMILES string of the molecule is Cc1noc(C)c1S(=O)(=O)N1CCN(C(=O)CCC2CCNC2)CC1.Cl. The largest absolute Gasteiger partial charge is 0.360 e. The van der Waals surface area contributed by atoms with Gasteiger partial charge in [0.15, 0.2) is 5.76 Å². The molecule has 2 aliphatic rings. The van der Waals surface area contributed by atoms with Gasteiger partial charge in [0.2, 0.25) is 15.9 Å². The predicted molar refractivity (Wildman–Crippen MR) is 98.8 cm³/mol. The van der Waals surface area contributed by atoms with Crippen LogP contribution in [0.5, 0.6) is 0 Å². The minimum absolute atomic E-state index is 0. The summed E-state index contributed by atoms with van der Waals surface area (Å²) in [6.45, 7) is 6.75. The first kappa shape index (κ1) is 21.1. The van der Waals surface area contributed by atoms with E-state index in [1.165, 1.54) is 4.31 Å². The van der Waals surface area contributed by atoms with Gasteiger partial charge in [-0.1, -0.05) is 5.16 Å². The van der Waals surface area contributed by atoms with Crippen LogP contribution >= 0.6 is 12.4 Å². The van der Waals surface area contributed by atoms with Crippen LogP contribution in [0.3, 0.4) is 0 Å². The summed E-state index contributed by atoms with van der Waals surface area (Å²) < 4.78 is 32.0. The molecule has 1 unspecified atom stereocenters. The van der Waals surface area contributed by atoms with Crippen LogP contribution in [-0.2, 0) is 14.8 Å². The lowest BCUT2D eigenvalue weighted by molar-refractivity contribution is -0.132. The summed E-state index contributed by atoms with van der Waals surface area (Å²) in [5.41, 5.74) is 0.376. The highest BCUT2D eigenvalue weighted by atomic mass is 35.5. The maximum Gasteiger partial charge on any atom is 0.248 e. The Hall–Kier alpha value is -1.16. The van der Waals surface area contributed by atoms with E-state index in [0.717, 1.165) is 25.9 Å². The third-order valence-electron chi connectivity index (χ3n) is 5.09. The Morgan fingerprint density at radius 1 is 1.27 bits per heavy atom. The van der Waals surface area contributed by atoms with Crippen molar-refractivity contribution in [1.29, 1.82) is 0 Å². The fourth-order valence-electron chi connectivity index (χ4n) is 3.60. The van der Waals surface area contributed by atoms with Gasteiger partial charge in [-0.2, -0.15) is 4.31 Å². The molecule has 2 fully saturated rings. The molecule has 10 heteroatoms. The number of nitrogens with zero attached hydrogens (tertiary/aromatic N) is 3. The number of aryl methyl sites for hydroxylation is 2. The van der Waals surface area contributed by atoms with Gasteiger partial charge in [-0.15, -0.1) is 12.4 Å². The fraction of sp³-hybridized carbons (Fsp3) is 0.750. The number of hydrogen-bond acceptors (Lipinski definition) is 6. The first-order valence-corrected chi connectivity index (χ1v) is 10.2. The second kappa shape index (κ2) is 8.69. The second-order valence-corrected chi connectivity index (χ2v) is 8.71. The molecule has 0 radical (unpaired) electrons. The zero-order chi connectivity index (χ0) is 18.0. The number of carbonyl (C=O) groups excluding carboxylic acids is 1. The molecule has 2 saturated heterocycles. The molecule has 1 amide bonds. The van der Waals surface area contributed by atoms with Crippen molar-refractivity contribution in [2.75, 3.05) is 39.3 Å². The lowest BCUT2D eigenvalue weighted by Gasteiger charge is -2.34. The van der Waals surface area contributed by atoms with E-state index in [1.54, 1.807) is 18.7 Å². The number of halogens is 1. The van der Waals surface area contributed by atoms with Gasteiger partial charge in [0.1, 0.15) is 10.6 Å². The van der Waals surface area contributed by atoms with Crippen molar-refractivity contribution in [1.82, 2.24) is 19.7 Å². The Bertz CT molecular complexity index is 703. The highest BCUT2D eigenvalue weighted by molar-refractivity contribution is 7.89. The number of carbonyl (C=O) groups is 1. The van der Waals surface area contributed by atoms with Crippen LogP contribution in [0.4, 0.5) is 0 Å². The molecule has 3 heterocycles. The van der Waals surface area contributed by atoms with Crippen LogP contribution in [0, 0.1) is 19.8 Å². The summed E-state index contributed by atoms with van der Waals surface area (Å²) >= 11 is 0. The Balaban J connectivity index is 0.00000243. The van der Waals surface area contributed by atoms with Crippen LogP contribution in [0.25, 0.3) is 0 Å². The number of sulfonamides is 1. The van der Waals surface area contributed by atoms with Gasteiger partial charge in [-0.3, -0.25) is 4.79 Å². The van der Waals surface area contributed by atoms with E-state index in [4.69, 9.17) is 4.52 Å². The van der Waals surface area contributed by atoms with Gasteiger partial charge < -0.3 is 14.7 Å². The van der Waals surface area contributed by atoms with E-state index in [-0.39, 0.29) is 23.2 Å². The average Bonchev–Trinajstić information content (AvgIpc) is 3.22. The molecular weight excluding hydrogens is 380 g/mol. The summed E-state index contributed by atoms with van der Waals surface area (Å²) in [6.07, 6.45) is 2.59. The summed E-state index contributed by atoms with van der Waals surface area (Å²) in [5.74, 6) is 1.02. The molecule has 0 bridgehead atoms. The smallest absolute Gasteiger partial charge is 0.248 e. The van der Waals surface area contributed by atoms with E-state index in [9.17, 15) is 13.2 Å². The van der Waals surface area contributed by atoms with E-state index in [1.807, 2.05) is 0 Å². The molecule has 3 rings (SSSR count). The van der Waals surface area contributed by atoms with Crippen LogP contribution < -0.4 is 5.32 Å². The van der Waals surface area contributed by atoms with Gasteiger partial charge in [-0.05, 0) is 45.7 Å². The minimum atomic E-state index is -3.62. The van der Waals surface area contributed by atoms with Crippen LogP contribution in [0.1, 0.15) is 30.7 Å². The topological polar surface area (TPSA) is 95.8 Å². The lowest BCUT2D eigenvalue weighted by atomic mass is 10.0. The van der Waals surface area contributed by atoms with Crippen molar-refractivity contribution >= 4 is 28.3 Å². The Labute approximate surface area is 160 Å². The number of rotatable bonds is 5. The molecule has 0 saturated carbocycles. The maximum absolute atomic E-state index is 12.8. The van der Waals surface area contributed by atoms with Gasteiger partial charge in [-0.25, -0.2) is 8.42 Å². The molecular formula is C16H27ClN4O4S. The third kappa shape index (κ3) is 4.39. The normalized spacial score (nSPS) is 21.6. The molecule has 0 aromatic carbocycles. The molecule has 26 heavy (non-hydrogen) atoms.